The minimum Gasteiger partial charge on any atom is -0.495 e. The van der Waals surface area contributed by atoms with Crippen LogP contribution in [0.1, 0.15) is 18.4 Å². The first-order chi connectivity index (χ1) is 9.36. The molecule has 0 unspecified atom stereocenters. The van der Waals surface area contributed by atoms with Crippen molar-refractivity contribution >= 4 is 0 Å². The van der Waals surface area contributed by atoms with Gasteiger partial charge in [-0.2, -0.15) is 0 Å². The number of ether oxygens (including phenoxy) is 1. The van der Waals surface area contributed by atoms with Crippen LogP contribution in [-0.4, -0.2) is 18.1 Å². The number of hydrogen-bond donors (Lipinski definition) is 1. The van der Waals surface area contributed by atoms with E-state index < -0.39 is 0 Å². The molecule has 1 aromatic heterocycles. The lowest BCUT2D eigenvalue weighted by atomic mass is 10.0. The minimum atomic E-state index is 0.719. The Bertz CT molecular complexity index is 564. The summed E-state index contributed by atoms with van der Waals surface area (Å²) in [5, 5.41) is 3.56. The van der Waals surface area contributed by atoms with Gasteiger partial charge in [-0.1, -0.05) is 24.3 Å². The molecule has 0 amide bonds. The highest BCUT2D eigenvalue weighted by atomic mass is 16.5. The third-order valence-electron chi connectivity index (χ3n) is 3.44. The summed E-state index contributed by atoms with van der Waals surface area (Å²) in [6.45, 7) is 0.915. The molecule has 0 atom stereocenters. The van der Waals surface area contributed by atoms with Gasteiger partial charge >= 0.3 is 0 Å². The average molecular weight is 254 g/mol. The monoisotopic (exact) mass is 254 g/mol. The van der Waals surface area contributed by atoms with Gasteiger partial charge in [0, 0.05) is 24.3 Å². The fourth-order valence-electron chi connectivity index (χ4n) is 2.18. The van der Waals surface area contributed by atoms with Gasteiger partial charge in [0.05, 0.1) is 13.3 Å². The summed E-state index contributed by atoms with van der Waals surface area (Å²) in [6.07, 6.45) is 6.23. The summed E-state index contributed by atoms with van der Waals surface area (Å²) in [5.74, 6) is 0.794. The van der Waals surface area contributed by atoms with Crippen LogP contribution in [0.15, 0.2) is 42.7 Å². The molecule has 1 fully saturated rings. The van der Waals surface area contributed by atoms with Crippen molar-refractivity contribution in [1.29, 1.82) is 0 Å². The van der Waals surface area contributed by atoms with E-state index in [-0.39, 0.29) is 0 Å². The number of benzene rings is 1. The number of nitrogens with zero attached hydrogens (tertiary/aromatic N) is 1. The zero-order valence-corrected chi connectivity index (χ0v) is 11.1. The lowest BCUT2D eigenvalue weighted by Crippen LogP contribution is -2.15. The Balaban J connectivity index is 1.88. The van der Waals surface area contributed by atoms with E-state index in [4.69, 9.17) is 4.74 Å². The van der Waals surface area contributed by atoms with Gasteiger partial charge in [0.25, 0.3) is 0 Å². The summed E-state index contributed by atoms with van der Waals surface area (Å²) >= 11 is 0. The van der Waals surface area contributed by atoms with Crippen LogP contribution in [0.4, 0.5) is 0 Å². The summed E-state index contributed by atoms with van der Waals surface area (Å²) < 4.78 is 5.25. The van der Waals surface area contributed by atoms with E-state index in [1.165, 1.54) is 24.0 Å². The Morgan fingerprint density at radius 2 is 2.11 bits per heavy atom. The van der Waals surface area contributed by atoms with Crippen molar-refractivity contribution in [3.63, 3.8) is 0 Å². The van der Waals surface area contributed by atoms with Crippen molar-refractivity contribution in [2.75, 3.05) is 7.11 Å². The second-order valence-corrected chi connectivity index (χ2v) is 4.93. The van der Waals surface area contributed by atoms with Gasteiger partial charge in [-0.05, 0) is 30.0 Å². The van der Waals surface area contributed by atoms with Crippen molar-refractivity contribution in [3.8, 4) is 16.9 Å². The van der Waals surface area contributed by atoms with Crippen LogP contribution in [0.5, 0.6) is 5.75 Å². The highest BCUT2D eigenvalue weighted by Crippen LogP contribution is 2.27. The molecule has 98 valence electrons. The van der Waals surface area contributed by atoms with E-state index in [2.05, 4.69) is 34.6 Å². The molecule has 3 rings (SSSR count). The molecule has 0 aliphatic heterocycles. The number of aromatic nitrogens is 1. The fourth-order valence-corrected chi connectivity index (χ4v) is 2.18. The molecule has 1 saturated carbocycles. The SMILES string of the molecule is COc1cncc(-c2ccccc2CNC2CC2)c1. The molecule has 1 heterocycles. The highest BCUT2D eigenvalue weighted by Gasteiger charge is 2.20. The van der Waals surface area contributed by atoms with Crippen LogP contribution in [0.2, 0.25) is 0 Å². The fraction of sp³-hybridized carbons (Fsp3) is 0.312. The second-order valence-electron chi connectivity index (χ2n) is 4.93. The smallest absolute Gasteiger partial charge is 0.137 e. The lowest BCUT2D eigenvalue weighted by Gasteiger charge is -2.11. The normalized spacial score (nSPS) is 14.4. The predicted octanol–water partition coefficient (Wildman–Crippen LogP) is 3.01. The summed E-state index contributed by atoms with van der Waals surface area (Å²) in [6, 6.07) is 11.2. The van der Waals surface area contributed by atoms with E-state index in [9.17, 15) is 0 Å². The van der Waals surface area contributed by atoms with Crippen LogP contribution in [0, 0.1) is 0 Å². The van der Waals surface area contributed by atoms with Crippen LogP contribution in [-0.2, 0) is 6.54 Å². The maximum Gasteiger partial charge on any atom is 0.137 e. The summed E-state index contributed by atoms with van der Waals surface area (Å²) in [5.41, 5.74) is 3.64. The van der Waals surface area contributed by atoms with Crippen LogP contribution >= 0.6 is 0 Å². The number of hydrogen-bond acceptors (Lipinski definition) is 3. The molecule has 3 heteroatoms. The molecule has 3 nitrogen and oxygen atoms in total. The van der Waals surface area contributed by atoms with Gasteiger partial charge < -0.3 is 10.1 Å². The van der Waals surface area contributed by atoms with Crippen LogP contribution in [0.25, 0.3) is 11.1 Å². The maximum atomic E-state index is 5.25. The highest BCUT2D eigenvalue weighted by molar-refractivity contribution is 5.67. The van der Waals surface area contributed by atoms with E-state index in [1.54, 1.807) is 13.3 Å². The summed E-state index contributed by atoms with van der Waals surface area (Å²) in [7, 11) is 1.67. The predicted molar refractivity (Wildman–Crippen MR) is 76.1 cm³/mol. The first kappa shape index (κ1) is 12.2. The van der Waals surface area contributed by atoms with Crippen molar-refractivity contribution in [1.82, 2.24) is 10.3 Å². The van der Waals surface area contributed by atoms with Crippen molar-refractivity contribution in [2.45, 2.75) is 25.4 Å². The number of rotatable bonds is 5. The van der Waals surface area contributed by atoms with Gasteiger partial charge in [-0.3, -0.25) is 4.98 Å². The molecule has 0 saturated heterocycles. The van der Waals surface area contributed by atoms with Gasteiger partial charge in [-0.15, -0.1) is 0 Å². The molecular weight excluding hydrogens is 236 g/mol. The third kappa shape index (κ3) is 2.93. The standard InChI is InChI=1S/C16H18N2O/c1-19-15-8-13(9-17-11-15)16-5-3-2-4-12(16)10-18-14-6-7-14/h2-5,8-9,11,14,18H,6-7,10H2,1H3. The quantitative estimate of drug-likeness (QED) is 0.890. The Hall–Kier alpha value is -1.87. The van der Waals surface area contributed by atoms with Gasteiger partial charge in [0.15, 0.2) is 0 Å². The Morgan fingerprint density at radius 3 is 2.89 bits per heavy atom. The second kappa shape index (κ2) is 5.41. The molecule has 19 heavy (non-hydrogen) atoms. The number of methoxy groups -OCH3 is 1. The Morgan fingerprint density at radius 1 is 1.26 bits per heavy atom. The number of nitrogens with one attached hydrogen (secondary N) is 1. The molecule has 1 N–H and O–H groups in total. The van der Waals surface area contributed by atoms with Gasteiger partial charge in [0.2, 0.25) is 0 Å². The Kier molecular flexibility index (Phi) is 3.47. The molecule has 1 aliphatic rings. The first-order valence-electron chi connectivity index (χ1n) is 6.67. The average Bonchev–Trinajstić information content (AvgIpc) is 3.30. The molecule has 0 radical (unpaired) electrons. The van der Waals surface area contributed by atoms with Crippen molar-refractivity contribution in [2.24, 2.45) is 0 Å². The largest absolute Gasteiger partial charge is 0.495 e. The van der Waals surface area contributed by atoms with Crippen molar-refractivity contribution < 1.29 is 4.74 Å². The van der Waals surface area contributed by atoms with Gasteiger partial charge in [-0.25, -0.2) is 0 Å². The van der Waals surface area contributed by atoms with Gasteiger partial charge in [0.1, 0.15) is 5.75 Å². The summed E-state index contributed by atoms with van der Waals surface area (Å²) in [4.78, 5) is 4.24. The number of pyridine rings is 1. The van der Waals surface area contributed by atoms with E-state index in [0.717, 1.165) is 23.9 Å². The zero-order valence-electron chi connectivity index (χ0n) is 11.1. The molecule has 1 aromatic carbocycles. The minimum absolute atomic E-state index is 0.719. The third-order valence-corrected chi connectivity index (χ3v) is 3.44. The molecule has 2 aromatic rings. The molecule has 0 spiro atoms. The molecular formula is C16H18N2O. The maximum absolute atomic E-state index is 5.25. The topological polar surface area (TPSA) is 34.1 Å². The van der Waals surface area contributed by atoms with Crippen molar-refractivity contribution in [3.05, 3.63) is 48.3 Å². The zero-order chi connectivity index (χ0) is 13.1. The first-order valence-corrected chi connectivity index (χ1v) is 6.67. The molecule has 1 aliphatic carbocycles. The van der Waals surface area contributed by atoms with Crippen LogP contribution in [0.3, 0.4) is 0 Å². The Labute approximate surface area is 113 Å². The molecule has 0 bridgehead atoms. The lowest BCUT2D eigenvalue weighted by molar-refractivity contribution is 0.413. The van der Waals surface area contributed by atoms with E-state index in [0.29, 0.717) is 0 Å². The van der Waals surface area contributed by atoms with Crippen LogP contribution < -0.4 is 10.1 Å². The van der Waals surface area contributed by atoms with E-state index >= 15 is 0 Å². The van der Waals surface area contributed by atoms with E-state index in [1.807, 2.05) is 12.3 Å².